The molecule has 1 fully saturated rings. The number of hydrogen-bond donors (Lipinski definition) is 0. The molecular formula is C17H22N2O4S. The SMILES string of the molecule is Cc1oncc1S(=O)(=O)N1C[C@@H](c2ccccc2)O[C@@H](C(C)C)C1. The van der Waals surface area contributed by atoms with Gasteiger partial charge < -0.3 is 9.26 Å². The molecule has 6 nitrogen and oxygen atoms in total. The first kappa shape index (κ1) is 17.1. The van der Waals surface area contributed by atoms with Gasteiger partial charge in [0.05, 0.1) is 18.4 Å². The third-order valence-corrected chi connectivity index (χ3v) is 6.26. The predicted octanol–water partition coefficient (Wildman–Crippen LogP) is 2.77. The lowest BCUT2D eigenvalue weighted by atomic mass is 10.0. The van der Waals surface area contributed by atoms with Crippen molar-refractivity contribution in [2.75, 3.05) is 13.1 Å². The Kier molecular flexibility index (Phi) is 4.76. The normalized spacial score (nSPS) is 22.8. The summed E-state index contributed by atoms with van der Waals surface area (Å²) < 4.78 is 38.6. The summed E-state index contributed by atoms with van der Waals surface area (Å²) in [5.74, 6) is 0.511. The number of nitrogens with zero attached hydrogens (tertiary/aromatic N) is 2. The number of hydrogen-bond acceptors (Lipinski definition) is 5. The van der Waals surface area contributed by atoms with Crippen molar-refractivity contribution in [2.45, 2.75) is 37.9 Å². The van der Waals surface area contributed by atoms with E-state index < -0.39 is 10.0 Å². The summed E-state index contributed by atoms with van der Waals surface area (Å²) in [4.78, 5) is 0.124. The average Bonchev–Trinajstić information content (AvgIpc) is 3.02. The molecule has 0 saturated carbocycles. The number of morpholine rings is 1. The van der Waals surface area contributed by atoms with Gasteiger partial charge >= 0.3 is 0 Å². The summed E-state index contributed by atoms with van der Waals surface area (Å²) in [6.07, 6.45) is 0.809. The Morgan fingerprint density at radius 2 is 1.92 bits per heavy atom. The van der Waals surface area contributed by atoms with Crippen LogP contribution in [-0.2, 0) is 14.8 Å². The number of sulfonamides is 1. The van der Waals surface area contributed by atoms with Crippen molar-refractivity contribution in [3.05, 3.63) is 47.9 Å². The molecular weight excluding hydrogens is 328 g/mol. The highest BCUT2D eigenvalue weighted by Crippen LogP contribution is 2.32. The molecule has 24 heavy (non-hydrogen) atoms. The lowest BCUT2D eigenvalue weighted by Crippen LogP contribution is -2.48. The van der Waals surface area contributed by atoms with Gasteiger partial charge in [0.1, 0.15) is 4.90 Å². The number of aryl methyl sites for hydroxylation is 1. The minimum atomic E-state index is -3.66. The van der Waals surface area contributed by atoms with E-state index in [2.05, 4.69) is 5.16 Å². The molecule has 0 unspecified atom stereocenters. The first-order chi connectivity index (χ1) is 11.4. The van der Waals surface area contributed by atoms with Gasteiger partial charge in [-0.3, -0.25) is 0 Å². The molecule has 0 amide bonds. The minimum Gasteiger partial charge on any atom is -0.367 e. The van der Waals surface area contributed by atoms with Gasteiger partial charge in [0.15, 0.2) is 5.76 Å². The van der Waals surface area contributed by atoms with Crippen LogP contribution in [0.1, 0.15) is 31.3 Å². The van der Waals surface area contributed by atoms with Crippen molar-refractivity contribution in [1.82, 2.24) is 9.46 Å². The minimum absolute atomic E-state index is 0.124. The van der Waals surface area contributed by atoms with Crippen LogP contribution in [-0.4, -0.2) is 37.1 Å². The van der Waals surface area contributed by atoms with Gasteiger partial charge in [-0.15, -0.1) is 0 Å². The van der Waals surface area contributed by atoms with Crippen LogP contribution in [0.15, 0.2) is 45.9 Å². The van der Waals surface area contributed by atoms with E-state index in [4.69, 9.17) is 9.26 Å². The Morgan fingerprint density at radius 3 is 2.50 bits per heavy atom. The van der Waals surface area contributed by atoms with Crippen LogP contribution in [0.3, 0.4) is 0 Å². The second-order valence-corrected chi connectivity index (χ2v) is 8.29. The molecule has 0 bridgehead atoms. The monoisotopic (exact) mass is 350 g/mol. The molecule has 130 valence electrons. The molecule has 0 spiro atoms. The number of aromatic nitrogens is 1. The van der Waals surface area contributed by atoms with Gasteiger partial charge in [-0.05, 0) is 18.4 Å². The lowest BCUT2D eigenvalue weighted by Gasteiger charge is -2.39. The second kappa shape index (κ2) is 6.66. The molecule has 1 saturated heterocycles. The fourth-order valence-corrected chi connectivity index (χ4v) is 4.38. The third kappa shape index (κ3) is 3.24. The standard InChI is InChI=1S/C17H22N2O4S/c1-12(2)15-10-19(24(20,21)17-9-18-23-13(17)3)11-16(22-15)14-7-5-4-6-8-14/h4-9,12,15-16H,10-11H2,1-3H3/t15-,16+/m1/s1. The molecule has 3 rings (SSSR count). The zero-order valence-corrected chi connectivity index (χ0v) is 14.9. The van der Waals surface area contributed by atoms with E-state index in [0.717, 1.165) is 5.56 Å². The summed E-state index contributed by atoms with van der Waals surface area (Å²) in [6.45, 7) is 6.28. The van der Waals surface area contributed by atoms with E-state index in [9.17, 15) is 8.42 Å². The maximum absolute atomic E-state index is 13.0. The van der Waals surface area contributed by atoms with E-state index in [1.54, 1.807) is 6.92 Å². The molecule has 1 aromatic carbocycles. The van der Waals surface area contributed by atoms with Crippen LogP contribution in [0.5, 0.6) is 0 Å². The Hall–Kier alpha value is -1.70. The van der Waals surface area contributed by atoms with Gasteiger partial charge in [-0.25, -0.2) is 8.42 Å². The quantitative estimate of drug-likeness (QED) is 0.848. The van der Waals surface area contributed by atoms with Gasteiger partial charge in [0, 0.05) is 13.1 Å². The van der Waals surface area contributed by atoms with Crippen LogP contribution >= 0.6 is 0 Å². The predicted molar refractivity (Wildman–Crippen MR) is 88.9 cm³/mol. The van der Waals surface area contributed by atoms with Crippen molar-refractivity contribution < 1.29 is 17.7 Å². The zero-order chi connectivity index (χ0) is 17.3. The van der Waals surface area contributed by atoms with Crippen LogP contribution in [0.4, 0.5) is 0 Å². The summed E-state index contributed by atoms with van der Waals surface area (Å²) in [7, 11) is -3.66. The van der Waals surface area contributed by atoms with Crippen molar-refractivity contribution in [3.63, 3.8) is 0 Å². The largest absolute Gasteiger partial charge is 0.367 e. The maximum atomic E-state index is 13.0. The van der Waals surface area contributed by atoms with E-state index in [1.807, 2.05) is 44.2 Å². The molecule has 1 aliphatic rings. The molecule has 0 aliphatic carbocycles. The Morgan fingerprint density at radius 1 is 1.21 bits per heavy atom. The summed E-state index contributed by atoms with van der Waals surface area (Å²) in [5.41, 5.74) is 0.977. The number of benzene rings is 1. The number of rotatable bonds is 4. The summed E-state index contributed by atoms with van der Waals surface area (Å²) in [5, 5.41) is 3.60. The molecule has 2 heterocycles. The molecule has 0 radical (unpaired) electrons. The molecule has 0 N–H and O–H groups in total. The zero-order valence-electron chi connectivity index (χ0n) is 14.0. The van der Waals surface area contributed by atoms with Gasteiger partial charge in [0.2, 0.25) is 10.0 Å². The Labute approximate surface area is 142 Å². The van der Waals surface area contributed by atoms with Crippen molar-refractivity contribution in [1.29, 1.82) is 0 Å². The summed E-state index contributed by atoms with van der Waals surface area (Å²) >= 11 is 0. The fraction of sp³-hybridized carbons (Fsp3) is 0.471. The highest BCUT2D eigenvalue weighted by Gasteiger charge is 2.38. The van der Waals surface area contributed by atoms with Crippen LogP contribution < -0.4 is 0 Å². The first-order valence-corrected chi connectivity index (χ1v) is 9.45. The lowest BCUT2D eigenvalue weighted by molar-refractivity contribution is -0.0847. The first-order valence-electron chi connectivity index (χ1n) is 8.01. The highest BCUT2D eigenvalue weighted by molar-refractivity contribution is 7.89. The molecule has 1 aromatic heterocycles. The second-order valence-electron chi connectivity index (χ2n) is 6.39. The van der Waals surface area contributed by atoms with E-state index in [0.29, 0.717) is 12.3 Å². The van der Waals surface area contributed by atoms with Crippen molar-refractivity contribution >= 4 is 10.0 Å². The maximum Gasteiger partial charge on any atom is 0.248 e. The molecule has 1 aliphatic heterocycles. The van der Waals surface area contributed by atoms with E-state index >= 15 is 0 Å². The van der Waals surface area contributed by atoms with E-state index in [1.165, 1.54) is 10.5 Å². The topological polar surface area (TPSA) is 72.6 Å². The van der Waals surface area contributed by atoms with Crippen LogP contribution in [0.25, 0.3) is 0 Å². The number of ether oxygens (including phenoxy) is 1. The van der Waals surface area contributed by atoms with Crippen LogP contribution in [0.2, 0.25) is 0 Å². The smallest absolute Gasteiger partial charge is 0.248 e. The third-order valence-electron chi connectivity index (χ3n) is 4.33. The Balaban J connectivity index is 1.94. The molecule has 7 heteroatoms. The van der Waals surface area contributed by atoms with Gasteiger partial charge in [-0.1, -0.05) is 49.3 Å². The summed E-state index contributed by atoms with van der Waals surface area (Å²) in [6, 6.07) is 9.72. The molecule has 2 atom stereocenters. The highest BCUT2D eigenvalue weighted by atomic mass is 32.2. The molecule has 2 aromatic rings. The Bertz CT molecular complexity index is 786. The van der Waals surface area contributed by atoms with Crippen LogP contribution in [0, 0.1) is 12.8 Å². The van der Waals surface area contributed by atoms with Crippen molar-refractivity contribution in [2.24, 2.45) is 5.92 Å². The average molecular weight is 350 g/mol. The van der Waals surface area contributed by atoms with E-state index in [-0.39, 0.29) is 29.6 Å². The van der Waals surface area contributed by atoms with Gasteiger partial charge in [-0.2, -0.15) is 4.31 Å². The fourth-order valence-electron chi connectivity index (χ4n) is 2.85. The van der Waals surface area contributed by atoms with Crippen molar-refractivity contribution in [3.8, 4) is 0 Å². The van der Waals surface area contributed by atoms with Gasteiger partial charge in [0.25, 0.3) is 0 Å².